The van der Waals surface area contributed by atoms with E-state index in [0.29, 0.717) is 21.3 Å². The Kier molecular flexibility index (Phi) is 5.57. The summed E-state index contributed by atoms with van der Waals surface area (Å²) in [7, 11) is 0. The highest BCUT2D eigenvalue weighted by molar-refractivity contribution is 6.35. The molecule has 3 atom stereocenters. The van der Waals surface area contributed by atoms with Crippen molar-refractivity contribution in [2.75, 3.05) is 9.96 Å². The number of carbonyl (C=O) groups is 2. The lowest BCUT2D eigenvalue weighted by molar-refractivity contribution is -0.153. The lowest BCUT2D eigenvalue weighted by Crippen LogP contribution is -2.63. The number of rotatable bonds is 3. The van der Waals surface area contributed by atoms with Gasteiger partial charge < -0.3 is 0 Å². The summed E-state index contributed by atoms with van der Waals surface area (Å²) in [5.41, 5.74) is 3.97. The van der Waals surface area contributed by atoms with E-state index in [0.717, 1.165) is 33.5 Å². The Morgan fingerprint density at radius 1 is 0.622 bits per heavy atom. The van der Waals surface area contributed by atoms with Gasteiger partial charge in [-0.1, -0.05) is 114 Å². The minimum absolute atomic E-state index is 0.301. The standard InChI is InChI=1S/C38H26Cl2N2O3/c1-22-15-18-24(19-16-22)41-35(43)37-32-26-11-5-7-13-28(26)33(29-14-8-6-12-27(29)32)38(37,36(41)44)45-42(25-9-3-2-4-10-25)34(37)30-20-17-23(39)21-31(30)40/h2-21,32-34H,1H3. The van der Waals surface area contributed by atoms with Crippen LogP contribution >= 0.6 is 23.2 Å². The van der Waals surface area contributed by atoms with Gasteiger partial charge in [0.25, 0.3) is 5.91 Å². The summed E-state index contributed by atoms with van der Waals surface area (Å²) in [6.45, 7) is 1.98. The summed E-state index contributed by atoms with van der Waals surface area (Å²) in [5, 5.41) is 2.66. The predicted octanol–water partition coefficient (Wildman–Crippen LogP) is 8.38. The van der Waals surface area contributed by atoms with Crippen molar-refractivity contribution in [2.24, 2.45) is 5.41 Å². The van der Waals surface area contributed by atoms with Gasteiger partial charge >= 0.3 is 0 Å². The van der Waals surface area contributed by atoms with E-state index in [-0.39, 0.29) is 11.8 Å². The van der Waals surface area contributed by atoms with Gasteiger partial charge in [-0.3, -0.25) is 14.4 Å². The van der Waals surface area contributed by atoms with Crippen LogP contribution in [0, 0.1) is 12.3 Å². The van der Waals surface area contributed by atoms with Crippen LogP contribution in [0.15, 0.2) is 121 Å². The maximum atomic E-state index is 15.7. The molecule has 3 aliphatic carbocycles. The number of imide groups is 1. The van der Waals surface area contributed by atoms with Crippen molar-refractivity contribution in [1.82, 2.24) is 0 Å². The molecule has 0 saturated carbocycles. The van der Waals surface area contributed by atoms with Crippen molar-refractivity contribution in [1.29, 1.82) is 0 Å². The number of aryl methyl sites for hydroxylation is 1. The Morgan fingerprint density at radius 3 is 1.80 bits per heavy atom. The molecular weight excluding hydrogens is 603 g/mol. The van der Waals surface area contributed by atoms with Gasteiger partial charge in [0, 0.05) is 16.0 Å². The fraction of sp³-hybridized carbons (Fsp3) is 0.158. The summed E-state index contributed by atoms with van der Waals surface area (Å²) in [5.74, 6) is -1.73. The molecule has 0 aromatic heterocycles. The molecule has 2 heterocycles. The first-order valence-corrected chi connectivity index (χ1v) is 15.8. The van der Waals surface area contributed by atoms with Crippen molar-refractivity contribution in [2.45, 2.75) is 30.4 Å². The van der Waals surface area contributed by atoms with Crippen LogP contribution in [0.4, 0.5) is 11.4 Å². The van der Waals surface area contributed by atoms with E-state index in [4.69, 9.17) is 28.0 Å². The van der Waals surface area contributed by atoms with Gasteiger partial charge in [0.2, 0.25) is 11.5 Å². The zero-order valence-corrected chi connectivity index (χ0v) is 25.7. The zero-order chi connectivity index (χ0) is 30.7. The van der Waals surface area contributed by atoms with Crippen molar-refractivity contribution in [3.63, 3.8) is 0 Å². The molecule has 7 heteroatoms. The Labute approximate surface area is 270 Å². The first-order valence-electron chi connectivity index (χ1n) is 15.0. The van der Waals surface area contributed by atoms with Gasteiger partial charge in [-0.15, -0.1) is 0 Å². The van der Waals surface area contributed by atoms with Gasteiger partial charge in [-0.25, -0.2) is 9.96 Å². The van der Waals surface area contributed by atoms with Gasteiger partial charge in [0.15, 0.2) is 0 Å². The number of hydrogen-bond donors (Lipinski definition) is 0. The first kappa shape index (κ1) is 26.9. The number of carbonyl (C=O) groups excluding carboxylic acids is 2. The largest absolute Gasteiger partial charge is 0.273 e. The van der Waals surface area contributed by atoms with Crippen molar-refractivity contribution < 1.29 is 14.4 Å². The molecule has 2 saturated heterocycles. The molecule has 2 aliphatic heterocycles. The molecule has 5 nitrogen and oxygen atoms in total. The normalized spacial score (nSPS) is 27.3. The fourth-order valence-electron chi connectivity index (χ4n) is 8.65. The third kappa shape index (κ3) is 3.18. The third-order valence-electron chi connectivity index (χ3n) is 10.3. The molecule has 2 fully saturated rings. The number of hydrogen-bond acceptors (Lipinski definition) is 4. The molecule has 5 aliphatic rings. The summed E-state index contributed by atoms with van der Waals surface area (Å²) in [6.07, 6.45) is 0. The van der Waals surface area contributed by atoms with Crippen LogP contribution in [-0.4, -0.2) is 17.4 Å². The Balaban J connectivity index is 1.44. The number of para-hydroxylation sites is 1. The van der Waals surface area contributed by atoms with E-state index in [2.05, 4.69) is 24.3 Å². The van der Waals surface area contributed by atoms with Crippen molar-refractivity contribution >= 4 is 46.4 Å². The SMILES string of the molecule is Cc1ccc(N2C(=O)C34ON(c5ccccc5)C(c5ccc(Cl)cc5Cl)C3(C2=O)C2c3ccccc3C4c3ccccc32)cc1. The molecule has 45 heavy (non-hydrogen) atoms. The van der Waals surface area contributed by atoms with Crippen LogP contribution in [0.5, 0.6) is 0 Å². The Bertz CT molecular complexity index is 2020. The molecule has 3 unspecified atom stereocenters. The Hall–Kier alpha value is -4.42. The molecule has 0 radical (unpaired) electrons. The minimum atomic E-state index is -1.61. The van der Waals surface area contributed by atoms with E-state index < -0.39 is 28.9 Å². The van der Waals surface area contributed by atoms with E-state index in [1.165, 1.54) is 4.90 Å². The quantitative estimate of drug-likeness (QED) is 0.188. The van der Waals surface area contributed by atoms with Crippen LogP contribution in [0.1, 0.15) is 51.3 Å². The fourth-order valence-corrected chi connectivity index (χ4v) is 9.17. The maximum Gasteiger partial charge on any atom is 0.271 e. The van der Waals surface area contributed by atoms with Gasteiger partial charge in [-0.2, -0.15) is 0 Å². The molecule has 2 amide bonds. The topological polar surface area (TPSA) is 49.9 Å². The highest BCUT2D eigenvalue weighted by Gasteiger charge is 2.88. The van der Waals surface area contributed by atoms with E-state index in [1.807, 2.05) is 91.9 Å². The van der Waals surface area contributed by atoms with Crippen molar-refractivity contribution in [3.8, 4) is 0 Å². The smallest absolute Gasteiger partial charge is 0.271 e. The monoisotopic (exact) mass is 628 g/mol. The second-order valence-corrected chi connectivity index (χ2v) is 13.2. The third-order valence-corrected chi connectivity index (χ3v) is 10.8. The number of halogens is 2. The van der Waals surface area contributed by atoms with E-state index >= 15 is 9.59 Å². The first-order chi connectivity index (χ1) is 21.9. The number of anilines is 2. The maximum absolute atomic E-state index is 15.7. The summed E-state index contributed by atoms with van der Waals surface area (Å²) in [6, 6.07) is 38.1. The highest BCUT2D eigenvalue weighted by Crippen LogP contribution is 2.78. The second kappa shape index (κ2) is 9.30. The molecule has 10 rings (SSSR count). The predicted molar refractivity (Wildman–Crippen MR) is 175 cm³/mol. The van der Waals surface area contributed by atoms with E-state index in [1.54, 1.807) is 17.2 Å². The number of nitrogens with zero attached hydrogens (tertiary/aromatic N) is 2. The summed E-state index contributed by atoms with van der Waals surface area (Å²) < 4.78 is 0. The van der Waals surface area contributed by atoms with E-state index in [9.17, 15) is 0 Å². The van der Waals surface area contributed by atoms with Crippen LogP contribution in [0.25, 0.3) is 0 Å². The number of benzene rings is 5. The second-order valence-electron chi connectivity index (χ2n) is 12.3. The molecule has 220 valence electrons. The molecule has 0 spiro atoms. The lowest BCUT2D eigenvalue weighted by atomic mass is 9.43. The zero-order valence-electron chi connectivity index (χ0n) is 24.2. The van der Waals surface area contributed by atoms with Crippen LogP contribution in [-0.2, 0) is 14.4 Å². The van der Waals surface area contributed by atoms with Crippen LogP contribution in [0.3, 0.4) is 0 Å². The molecular formula is C38H26Cl2N2O3. The average Bonchev–Trinajstić information content (AvgIpc) is 3.49. The number of hydroxylamine groups is 1. The van der Waals surface area contributed by atoms with Gasteiger partial charge in [-0.05, 0) is 71.1 Å². The van der Waals surface area contributed by atoms with Crippen molar-refractivity contribution in [3.05, 3.63) is 165 Å². The summed E-state index contributed by atoms with van der Waals surface area (Å²) in [4.78, 5) is 39.8. The van der Waals surface area contributed by atoms with Crippen LogP contribution in [0.2, 0.25) is 10.0 Å². The Morgan fingerprint density at radius 2 is 1.20 bits per heavy atom. The molecule has 2 bridgehead atoms. The molecule has 5 aromatic rings. The van der Waals surface area contributed by atoms with Gasteiger partial charge in [0.05, 0.1) is 17.3 Å². The average molecular weight is 630 g/mol. The van der Waals surface area contributed by atoms with Crippen LogP contribution < -0.4 is 9.96 Å². The van der Waals surface area contributed by atoms with Gasteiger partial charge in [0.1, 0.15) is 11.5 Å². The summed E-state index contributed by atoms with van der Waals surface area (Å²) >= 11 is 13.5. The number of amides is 2. The minimum Gasteiger partial charge on any atom is -0.273 e. The lowest BCUT2D eigenvalue weighted by Gasteiger charge is -2.55. The molecule has 5 aromatic carbocycles. The highest BCUT2D eigenvalue weighted by atomic mass is 35.5. The molecule has 0 N–H and O–H groups in total.